The molecule has 0 bridgehead atoms. The Morgan fingerprint density at radius 1 is 1.25 bits per heavy atom. The van der Waals surface area contributed by atoms with Gasteiger partial charge in [0.1, 0.15) is 12.3 Å². The number of nitrogens with one attached hydrogen (secondary N) is 1. The van der Waals surface area contributed by atoms with Crippen molar-refractivity contribution in [2.45, 2.75) is 31.8 Å². The van der Waals surface area contributed by atoms with E-state index in [2.05, 4.69) is 15.5 Å². The van der Waals surface area contributed by atoms with Crippen molar-refractivity contribution in [3.63, 3.8) is 0 Å². The number of alkyl halides is 3. The van der Waals surface area contributed by atoms with Gasteiger partial charge in [0.25, 0.3) is 0 Å². The summed E-state index contributed by atoms with van der Waals surface area (Å²) in [7, 11) is 0. The number of nitrogens with two attached hydrogens (primary N) is 1. The molecule has 11 heteroatoms. The Bertz CT molecular complexity index is 1240. The number of benzene rings is 2. The Labute approximate surface area is 184 Å². The molecule has 1 aliphatic heterocycles. The molecule has 2 heterocycles. The Balaban J connectivity index is 1.63. The summed E-state index contributed by atoms with van der Waals surface area (Å²) in [5, 5.41) is 4.24. The van der Waals surface area contributed by atoms with Gasteiger partial charge in [-0.25, -0.2) is 4.98 Å². The van der Waals surface area contributed by atoms with Gasteiger partial charge in [-0.15, -0.1) is 11.3 Å². The molecule has 3 N–H and O–H groups in total. The van der Waals surface area contributed by atoms with Gasteiger partial charge in [-0.1, -0.05) is 24.3 Å². The molecule has 0 saturated heterocycles. The molecule has 4 rings (SSSR count). The second-order valence-electron chi connectivity index (χ2n) is 7.14. The average molecular weight is 462 g/mol. The second kappa shape index (κ2) is 8.32. The zero-order valence-corrected chi connectivity index (χ0v) is 17.5. The first kappa shape index (κ1) is 21.9. The van der Waals surface area contributed by atoms with Crippen molar-refractivity contribution >= 4 is 39.0 Å². The van der Waals surface area contributed by atoms with Gasteiger partial charge < -0.3 is 4.74 Å². The van der Waals surface area contributed by atoms with Crippen LogP contribution >= 0.6 is 11.3 Å². The topological polar surface area (TPSA) is 107 Å². The van der Waals surface area contributed by atoms with Gasteiger partial charge in [-0.05, 0) is 30.7 Å². The maximum atomic E-state index is 13.2. The molecule has 0 amide bonds. The number of fused-ring (bicyclic) bond motifs is 2. The zero-order valence-electron chi connectivity index (χ0n) is 16.6. The number of ketones is 1. The van der Waals surface area contributed by atoms with Crippen molar-refractivity contribution in [1.29, 1.82) is 0 Å². The summed E-state index contributed by atoms with van der Waals surface area (Å²) in [5.74, 6) is -1.00. The van der Waals surface area contributed by atoms with Crippen LogP contribution in [0.4, 0.5) is 13.2 Å². The number of carbonyl (C=O) groups is 2. The lowest BCUT2D eigenvalue weighted by molar-refractivity contribution is -0.146. The summed E-state index contributed by atoms with van der Waals surface area (Å²) in [5.41, 5.74) is 9.04. The molecule has 1 aliphatic rings. The number of hydrazone groups is 1. The maximum absolute atomic E-state index is 13.2. The average Bonchev–Trinajstić information content (AvgIpc) is 3.16. The van der Waals surface area contributed by atoms with E-state index in [1.807, 2.05) is 0 Å². The number of ether oxygens (including phenoxy) is 1. The molecule has 3 aromatic rings. The van der Waals surface area contributed by atoms with E-state index in [0.29, 0.717) is 21.5 Å². The lowest BCUT2D eigenvalue weighted by Crippen LogP contribution is -2.33. The Kier molecular flexibility index (Phi) is 5.70. The van der Waals surface area contributed by atoms with E-state index in [1.165, 1.54) is 13.0 Å². The Morgan fingerprint density at radius 3 is 2.72 bits per heavy atom. The van der Waals surface area contributed by atoms with E-state index < -0.39 is 35.8 Å². The van der Waals surface area contributed by atoms with Gasteiger partial charge in [0.05, 0.1) is 27.9 Å². The molecule has 0 radical (unpaired) electrons. The van der Waals surface area contributed by atoms with E-state index in [0.717, 1.165) is 23.5 Å². The predicted molar refractivity (Wildman–Crippen MR) is 112 cm³/mol. The molecule has 0 aliphatic carbocycles. The van der Waals surface area contributed by atoms with Crippen LogP contribution in [0, 0.1) is 0 Å². The molecule has 0 saturated carbocycles. The summed E-state index contributed by atoms with van der Waals surface area (Å²) >= 11 is 1.01. The van der Waals surface area contributed by atoms with Crippen molar-refractivity contribution in [3.8, 4) is 0 Å². The largest absolute Gasteiger partial charge is 0.447 e. The van der Waals surface area contributed by atoms with Crippen molar-refractivity contribution in [1.82, 2.24) is 10.4 Å². The number of carbonyl (C=O) groups excluding carboxylic acids is 2. The van der Waals surface area contributed by atoms with Crippen LogP contribution in [-0.4, -0.2) is 28.7 Å². The normalized spacial score (nSPS) is 16.7. The minimum Gasteiger partial charge on any atom is -0.447 e. The fourth-order valence-electron chi connectivity index (χ4n) is 3.34. The standard InChI is InChI=1S/C21H17F3N4O3S/c1-10(25)31-17(29)9-14-12-4-2-3-5-13(12)18(28-27-14)19(30)20-26-15-8-11(21(22,23)24)6-7-16(15)32-20/h2-8,10,18,28H,9,25H2,1H3. The van der Waals surface area contributed by atoms with E-state index in [4.69, 9.17) is 10.5 Å². The predicted octanol–water partition coefficient (Wildman–Crippen LogP) is 3.78. The molecule has 0 spiro atoms. The minimum absolute atomic E-state index is 0.0571. The quantitative estimate of drug-likeness (QED) is 0.340. The molecular weight excluding hydrogens is 445 g/mol. The molecule has 2 unspecified atom stereocenters. The number of rotatable bonds is 5. The van der Waals surface area contributed by atoms with E-state index in [9.17, 15) is 22.8 Å². The van der Waals surface area contributed by atoms with Crippen LogP contribution in [-0.2, 0) is 15.7 Å². The van der Waals surface area contributed by atoms with Gasteiger partial charge in [0.15, 0.2) is 5.01 Å². The lowest BCUT2D eigenvalue weighted by Gasteiger charge is -2.24. The highest BCUT2D eigenvalue weighted by Crippen LogP contribution is 2.34. The third kappa shape index (κ3) is 4.34. The lowest BCUT2D eigenvalue weighted by atomic mass is 9.92. The van der Waals surface area contributed by atoms with E-state index in [-0.39, 0.29) is 16.9 Å². The van der Waals surface area contributed by atoms with Gasteiger partial charge >= 0.3 is 12.1 Å². The van der Waals surface area contributed by atoms with Crippen molar-refractivity contribution in [2.24, 2.45) is 10.8 Å². The van der Waals surface area contributed by atoms with Gasteiger partial charge in [-0.3, -0.25) is 20.7 Å². The molecule has 32 heavy (non-hydrogen) atoms. The number of nitrogens with zero attached hydrogens (tertiary/aromatic N) is 2. The molecular formula is C21H17F3N4O3S. The third-order valence-corrected chi connectivity index (χ3v) is 5.78. The number of halogens is 3. The number of hydrogen-bond acceptors (Lipinski definition) is 8. The molecule has 7 nitrogen and oxygen atoms in total. The van der Waals surface area contributed by atoms with Crippen LogP contribution in [0.2, 0.25) is 0 Å². The monoisotopic (exact) mass is 462 g/mol. The van der Waals surface area contributed by atoms with Crippen molar-refractivity contribution < 1.29 is 27.5 Å². The van der Waals surface area contributed by atoms with Crippen LogP contribution in [0.15, 0.2) is 47.6 Å². The number of thiazole rings is 1. The smallest absolute Gasteiger partial charge is 0.416 e. The molecule has 2 aromatic carbocycles. The van der Waals surface area contributed by atoms with Gasteiger partial charge in [-0.2, -0.15) is 18.3 Å². The highest BCUT2D eigenvalue weighted by molar-refractivity contribution is 7.20. The molecule has 166 valence electrons. The summed E-state index contributed by atoms with van der Waals surface area (Å²) in [6.07, 6.45) is -5.41. The van der Waals surface area contributed by atoms with Crippen LogP contribution in [0.3, 0.4) is 0 Å². The Hall–Kier alpha value is -3.31. The van der Waals surface area contributed by atoms with E-state index >= 15 is 0 Å². The first-order valence-corrected chi connectivity index (χ1v) is 10.3. The van der Waals surface area contributed by atoms with E-state index in [1.54, 1.807) is 24.3 Å². The minimum atomic E-state index is -4.50. The van der Waals surface area contributed by atoms with Crippen molar-refractivity contribution in [2.75, 3.05) is 0 Å². The maximum Gasteiger partial charge on any atom is 0.416 e. The number of aromatic nitrogens is 1. The number of Topliss-reactive ketones (excluding diaryl/α,β-unsaturated/α-hetero) is 1. The number of esters is 1. The zero-order chi connectivity index (χ0) is 23.0. The van der Waals surface area contributed by atoms with Crippen molar-refractivity contribution in [3.05, 3.63) is 64.2 Å². The summed E-state index contributed by atoms with van der Waals surface area (Å²) in [4.78, 5) is 29.3. The highest BCUT2D eigenvalue weighted by Gasteiger charge is 2.33. The highest BCUT2D eigenvalue weighted by atomic mass is 32.1. The SMILES string of the molecule is CC(N)OC(=O)CC1=NNC(C(=O)c2nc3cc(C(F)(F)F)ccc3s2)c2ccccc21. The van der Waals surface area contributed by atoms with Gasteiger partial charge in [0.2, 0.25) is 5.78 Å². The Morgan fingerprint density at radius 2 is 2.00 bits per heavy atom. The second-order valence-corrected chi connectivity index (χ2v) is 8.17. The first-order valence-electron chi connectivity index (χ1n) is 9.52. The molecule has 2 atom stereocenters. The van der Waals surface area contributed by atoms with Crippen LogP contribution < -0.4 is 11.2 Å². The van der Waals surface area contributed by atoms with Crippen LogP contribution in [0.1, 0.15) is 45.9 Å². The fraction of sp³-hybridized carbons (Fsp3) is 0.238. The van der Waals surface area contributed by atoms with Gasteiger partial charge in [0, 0.05) is 5.56 Å². The molecule has 1 aromatic heterocycles. The van der Waals surface area contributed by atoms with Crippen LogP contribution in [0.25, 0.3) is 10.2 Å². The van der Waals surface area contributed by atoms with Crippen LogP contribution in [0.5, 0.6) is 0 Å². The third-order valence-electron chi connectivity index (χ3n) is 4.73. The first-order chi connectivity index (χ1) is 15.1. The summed E-state index contributed by atoms with van der Waals surface area (Å²) < 4.78 is 44.4. The molecule has 0 fully saturated rings. The fourth-order valence-corrected chi connectivity index (χ4v) is 4.25. The summed E-state index contributed by atoms with van der Waals surface area (Å²) in [6, 6.07) is 9.20. The summed E-state index contributed by atoms with van der Waals surface area (Å²) in [6.45, 7) is 1.52. The number of hydrogen-bond donors (Lipinski definition) is 2.